The number of aromatic nitrogens is 4. The van der Waals surface area contributed by atoms with Gasteiger partial charge in [0.15, 0.2) is 0 Å². The average Bonchev–Trinajstić information content (AvgIpc) is 3.01. The number of thiophene rings is 1. The zero-order valence-electron chi connectivity index (χ0n) is 8.29. The Kier molecular flexibility index (Phi) is 2.23. The van der Waals surface area contributed by atoms with Crippen LogP contribution >= 0.6 is 11.3 Å². The highest BCUT2D eigenvalue weighted by atomic mass is 32.1. The molecule has 0 bridgehead atoms. The minimum atomic E-state index is 0.833. The van der Waals surface area contributed by atoms with Crippen molar-refractivity contribution >= 4 is 11.3 Å². The summed E-state index contributed by atoms with van der Waals surface area (Å²) in [7, 11) is 0. The molecule has 0 unspecified atom stereocenters. The maximum absolute atomic E-state index is 4.27. The third-order valence-electron chi connectivity index (χ3n) is 2.25. The van der Waals surface area contributed by atoms with Gasteiger partial charge in [0.25, 0.3) is 0 Å². The van der Waals surface area contributed by atoms with E-state index < -0.39 is 0 Å². The Labute approximate surface area is 96.0 Å². The van der Waals surface area contributed by atoms with Crippen molar-refractivity contribution in [3.05, 3.63) is 42.3 Å². The summed E-state index contributed by atoms with van der Waals surface area (Å²) in [6.45, 7) is 0. The first-order valence-corrected chi connectivity index (χ1v) is 5.67. The second kappa shape index (κ2) is 3.86. The van der Waals surface area contributed by atoms with Crippen molar-refractivity contribution in [3.8, 4) is 21.8 Å². The normalized spacial score (nSPS) is 10.5. The van der Waals surface area contributed by atoms with Crippen molar-refractivity contribution < 1.29 is 0 Å². The lowest BCUT2D eigenvalue weighted by atomic mass is 10.1. The molecule has 3 rings (SSSR count). The molecule has 3 heterocycles. The number of nitrogens with one attached hydrogen (secondary N) is 1. The van der Waals surface area contributed by atoms with Crippen LogP contribution < -0.4 is 0 Å². The van der Waals surface area contributed by atoms with Gasteiger partial charge in [-0.1, -0.05) is 6.07 Å². The van der Waals surface area contributed by atoms with Crippen molar-refractivity contribution in [2.75, 3.05) is 0 Å². The lowest BCUT2D eigenvalue weighted by Crippen LogP contribution is -1.84. The Hall–Kier alpha value is -2.01. The van der Waals surface area contributed by atoms with Crippen molar-refractivity contribution in [1.29, 1.82) is 0 Å². The van der Waals surface area contributed by atoms with Gasteiger partial charge in [0.05, 0.1) is 28.7 Å². The molecule has 0 saturated heterocycles. The van der Waals surface area contributed by atoms with Crippen LogP contribution in [0.4, 0.5) is 0 Å². The monoisotopic (exact) mass is 228 g/mol. The van der Waals surface area contributed by atoms with Crippen LogP contribution in [0.5, 0.6) is 0 Å². The summed E-state index contributed by atoms with van der Waals surface area (Å²) in [6.07, 6.45) is 6.86. The molecular formula is C11H8N4S. The molecule has 1 N–H and O–H groups in total. The average molecular weight is 228 g/mol. The molecule has 0 spiro atoms. The largest absolute Gasteiger partial charge is 0.276 e. The molecular weight excluding hydrogens is 220 g/mol. The zero-order chi connectivity index (χ0) is 10.8. The van der Waals surface area contributed by atoms with Crippen LogP contribution in [-0.2, 0) is 0 Å². The summed E-state index contributed by atoms with van der Waals surface area (Å²) in [5, 5.41) is 9.11. The van der Waals surface area contributed by atoms with E-state index in [1.54, 1.807) is 36.1 Å². The van der Waals surface area contributed by atoms with E-state index in [9.17, 15) is 0 Å². The molecule has 0 aliphatic heterocycles. The highest BCUT2D eigenvalue weighted by Gasteiger charge is 2.11. The Morgan fingerprint density at radius 1 is 1.19 bits per heavy atom. The summed E-state index contributed by atoms with van der Waals surface area (Å²) in [4.78, 5) is 9.49. The number of aromatic amines is 1. The molecule has 0 atom stereocenters. The van der Waals surface area contributed by atoms with Crippen molar-refractivity contribution in [1.82, 2.24) is 20.2 Å². The fourth-order valence-corrected chi connectivity index (χ4v) is 2.26. The number of H-pyrrole nitrogens is 1. The summed E-state index contributed by atoms with van der Waals surface area (Å²) in [6, 6.07) is 4.07. The Balaban J connectivity index is 2.14. The van der Waals surface area contributed by atoms with Crippen LogP contribution in [0.25, 0.3) is 21.8 Å². The van der Waals surface area contributed by atoms with Crippen molar-refractivity contribution in [2.24, 2.45) is 0 Å². The van der Waals surface area contributed by atoms with E-state index in [1.807, 2.05) is 11.4 Å². The fraction of sp³-hybridized carbons (Fsp3) is 0. The van der Waals surface area contributed by atoms with E-state index in [0.717, 1.165) is 21.8 Å². The highest BCUT2D eigenvalue weighted by Crippen LogP contribution is 2.31. The molecule has 4 nitrogen and oxygen atoms in total. The first-order valence-electron chi connectivity index (χ1n) is 4.79. The van der Waals surface area contributed by atoms with Gasteiger partial charge in [-0.25, -0.2) is 0 Å². The smallest absolute Gasteiger partial charge is 0.0923 e. The van der Waals surface area contributed by atoms with E-state index in [1.165, 1.54) is 0 Å². The summed E-state index contributed by atoms with van der Waals surface area (Å²) in [5.74, 6) is 0. The Morgan fingerprint density at radius 2 is 2.19 bits per heavy atom. The second-order valence-corrected chi connectivity index (χ2v) is 4.17. The van der Waals surface area contributed by atoms with Crippen LogP contribution in [-0.4, -0.2) is 20.2 Å². The van der Waals surface area contributed by atoms with Crippen molar-refractivity contribution in [2.45, 2.75) is 0 Å². The topological polar surface area (TPSA) is 54.5 Å². The van der Waals surface area contributed by atoms with Gasteiger partial charge >= 0.3 is 0 Å². The third-order valence-corrected chi connectivity index (χ3v) is 3.13. The zero-order valence-corrected chi connectivity index (χ0v) is 9.11. The van der Waals surface area contributed by atoms with Crippen LogP contribution in [0.2, 0.25) is 0 Å². The molecule has 0 amide bonds. The number of hydrogen-bond donors (Lipinski definition) is 1. The maximum atomic E-state index is 4.27. The lowest BCUT2D eigenvalue weighted by molar-refractivity contribution is 1.10. The van der Waals surface area contributed by atoms with E-state index in [0.29, 0.717) is 0 Å². The van der Waals surface area contributed by atoms with Gasteiger partial charge in [-0.05, 0) is 11.4 Å². The standard InChI is InChI=1S/C11H8N4S/c1-2-10(16-5-1)11-8(6-14-15-11)9-7-12-3-4-13-9/h1-7H,(H,14,15). The van der Waals surface area contributed by atoms with Crippen molar-refractivity contribution in [3.63, 3.8) is 0 Å². The summed E-state index contributed by atoms with van der Waals surface area (Å²) in [5.41, 5.74) is 2.81. The van der Waals surface area contributed by atoms with Gasteiger partial charge in [-0.2, -0.15) is 5.10 Å². The van der Waals surface area contributed by atoms with Gasteiger partial charge in [-0.3, -0.25) is 15.1 Å². The molecule has 78 valence electrons. The molecule has 16 heavy (non-hydrogen) atoms. The minimum absolute atomic E-state index is 0.833. The first-order chi connectivity index (χ1) is 7.95. The number of rotatable bonds is 2. The minimum Gasteiger partial charge on any atom is -0.276 e. The van der Waals surface area contributed by atoms with Gasteiger partial charge in [0, 0.05) is 18.0 Å². The van der Waals surface area contributed by atoms with E-state index in [4.69, 9.17) is 0 Å². The molecule has 3 aromatic heterocycles. The molecule has 5 heteroatoms. The van der Waals surface area contributed by atoms with Gasteiger partial charge in [-0.15, -0.1) is 11.3 Å². The SMILES string of the molecule is c1csc(-c2[nH]ncc2-c2cnccn2)c1. The number of hydrogen-bond acceptors (Lipinski definition) is 4. The lowest BCUT2D eigenvalue weighted by Gasteiger charge is -1.98. The van der Waals surface area contributed by atoms with Crippen LogP contribution in [0.15, 0.2) is 42.3 Å². The maximum Gasteiger partial charge on any atom is 0.0923 e. The molecule has 0 aliphatic rings. The third kappa shape index (κ3) is 1.51. The Bertz CT molecular complexity index is 571. The molecule has 0 fully saturated rings. The molecule has 0 aromatic carbocycles. The molecule has 0 aliphatic carbocycles. The molecule has 0 saturated carbocycles. The van der Waals surface area contributed by atoms with Gasteiger partial charge < -0.3 is 0 Å². The predicted octanol–water partition coefficient (Wildman–Crippen LogP) is 2.60. The molecule has 3 aromatic rings. The molecule has 0 radical (unpaired) electrons. The summed E-state index contributed by atoms with van der Waals surface area (Å²) >= 11 is 1.67. The fourth-order valence-electron chi connectivity index (χ4n) is 1.53. The summed E-state index contributed by atoms with van der Waals surface area (Å²) < 4.78 is 0. The highest BCUT2D eigenvalue weighted by molar-refractivity contribution is 7.13. The quantitative estimate of drug-likeness (QED) is 0.733. The Morgan fingerprint density at radius 3 is 2.94 bits per heavy atom. The first kappa shape index (κ1) is 9.23. The van der Waals surface area contributed by atoms with Crippen LogP contribution in [0, 0.1) is 0 Å². The van der Waals surface area contributed by atoms with E-state index in [-0.39, 0.29) is 0 Å². The van der Waals surface area contributed by atoms with Gasteiger partial charge in [0.1, 0.15) is 0 Å². The van der Waals surface area contributed by atoms with Crippen LogP contribution in [0.1, 0.15) is 0 Å². The van der Waals surface area contributed by atoms with Gasteiger partial charge in [0.2, 0.25) is 0 Å². The van der Waals surface area contributed by atoms with E-state index in [2.05, 4.69) is 26.2 Å². The van der Waals surface area contributed by atoms with E-state index >= 15 is 0 Å². The second-order valence-electron chi connectivity index (χ2n) is 3.23. The predicted molar refractivity (Wildman–Crippen MR) is 62.9 cm³/mol. The number of nitrogens with zero attached hydrogens (tertiary/aromatic N) is 3. The van der Waals surface area contributed by atoms with Crippen LogP contribution in [0.3, 0.4) is 0 Å².